The zero-order chi connectivity index (χ0) is 17.0. The lowest BCUT2D eigenvalue weighted by atomic mass is 9.92. The summed E-state index contributed by atoms with van der Waals surface area (Å²) in [6.07, 6.45) is 2.14. The van der Waals surface area contributed by atoms with E-state index in [1.165, 1.54) is 0 Å². The Bertz CT molecular complexity index is 840. The topological polar surface area (TPSA) is 96.5 Å². The van der Waals surface area contributed by atoms with Crippen LogP contribution in [0.3, 0.4) is 0 Å². The van der Waals surface area contributed by atoms with Gasteiger partial charge >= 0.3 is 5.97 Å². The zero-order valence-electron chi connectivity index (χ0n) is 13.7. The first kappa shape index (κ1) is 15.1. The van der Waals surface area contributed by atoms with Gasteiger partial charge in [-0.15, -0.1) is 0 Å². The Balaban J connectivity index is 1.69. The molecule has 7 nitrogen and oxygen atoms in total. The van der Waals surface area contributed by atoms with Crippen molar-refractivity contribution in [3.8, 4) is 0 Å². The number of hydrogen-bond acceptors (Lipinski definition) is 5. The van der Waals surface area contributed by atoms with Crippen molar-refractivity contribution in [1.82, 2.24) is 15.0 Å². The van der Waals surface area contributed by atoms with Crippen LogP contribution in [0.15, 0.2) is 10.6 Å². The largest absolute Gasteiger partial charge is 0.481 e. The van der Waals surface area contributed by atoms with Gasteiger partial charge in [0, 0.05) is 18.8 Å². The van der Waals surface area contributed by atoms with Crippen molar-refractivity contribution in [1.29, 1.82) is 0 Å². The highest BCUT2D eigenvalue weighted by Gasteiger charge is 2.47. The second-order valence-electron chi connectivity index (χ2n) is 6.92. The van der Waals surface area contributed by atoms with Crippen LogP contribution in [0.25, 0.3) is 11.1 Å². The Kier molecular flexibility index (Phi) is 3.33. The van der Waals surface area contributed by atoms with Crippen molar-refractivity contribution in [2.24, 2.45) is 17.8 Å². The molecule has 3 heterocycles. The molecule has 2 aromatic heterocycles. The second kappa shape index (κ2) is 5.29. The molecule has 126 valence electrons. The molecule has 4 rings (SSSR count). The lowest BCUT2D eigenvalue weighted by Gasteiger charge is -2.17. The summed E-state index contributed by atoms with van der Waals surface area (Å²) in [5.41, 5.74) is 2.14. The van der Waals surface area contributed by atoms with E-state index in [1.807, 2.05) is 0 Å². The molecule has 1 saturated carbocycles. The predicted molar refractivity (Wildman–Crippen MR) is 84.5 cm³/mol. The molecule has 1 amide bonds. The number of carboxylic acid groups (broad SMARTS) is 1. The highest BCUT2D eigenvalue weighted by Crippen LogP contribution is 2.44. The molecule has 2 atom stereocenters. The Hall–Kier alpha value is -2.44. The number of aliphatic carboxylic acids is 1. The molecule has 2 aromatic rings. The van der Waals surface area contributed by atoms with Gasteiger partial charge in [0.15, 0.2) is 0 Å². The molecule has 7 heteroatoms. The van der Waals surface area contributed by atoms with Crippen molar-refractivity contribution in [2.45, 2.75) is 26.7 Å². The quantitative estimate of drug-likeness (QED) is 0.925. The summed E-state index contributed by atoms with van der Waals surface area (Å²) < 4.78 is 5.19. The highest BCUT2D eigenvalue weighted by atomic mass is 16.5. The summed E-state index contributed by atoms with van der Waals surface area (Å²) in [6, 6.07) is 1.73. The molecule has 1 N–H and O–H groups in total. The van der Waals surface area contributed by atoms with Crippen LogP contribution in [0.1, 0.15) is 34.6 Å². The van der Waals surface area contributed by atoms with Crippen LogP contribution in [0.4, 0.5) is 0 Å². The van der Waals surface area contributed by atoms with Crippen LogP contribution < -0.4 is 0 Å². The maximum atomic E-state index is 13.1. The number of amides is 1. The van der Waals surface area contributed by atoms with Gasteiger partial charge in [-0.3, -0.25) is 9.59 Å². The lowest BCUT2D eigenvalue weighted by Crippen LogP contribution is -2.30. The number of aryl methyl sites for hydroxylation is 2. The monoisotopic (exact) mass is 329 g/mol. The summed E-state index contributed by atoms with van der Waals surface area (Å²) in [5, 5.41) is 14.0. The molecular weight excluding hydrogens is 310 g/mol. The number of nitrogens with zero attached hydrogens (tertiary/aromatic N) is 3. The lowest BCUT2D eigenvalue weighted by molar-refractivity contribution is -0.142. The molecule has 0 aromatic carbocycles. The van der Waals surface area contributed by atoms with Crippen LogP contribution in [-0.2, 0) is 4.79 Å². The second-order valence-corrected chi connectivity index (χ2v) is 6.92. The number of carbonyl (C=O) groups excluding carboxylic acids is 1. The smallest absolute Gasteiger partial charge is 0.308 e. The van der Waals surface area contributed by atoms with E-state index >= 15 is 0 Å². The molecule has 2 fully saturated rings. The van der Waals surface area contributed by atoms with E-state index in [1.54, 1.807) is 24.8 Å². The summed E-state index contributed by atoms with van der Waals surface area (Å²) >= 11 is 0. The Morgan fingerprint density at radius 2 is 2.04 bits per heavy atom. The van der Waals surface area contributed by atoms with Crippen LogP contribution in [0.2, 0.25) is 0 Å². The summed E-state index contributed by atoms with van der Waals surface area (Å²) in [4.78, 5) is 30.5. The molecule has 0 bridgehead atoms. The number of carboxylic acids is 1. The minimum atomic E-state index is -0.806. The van der Waals surface area contributed by atoms with Gasteiger partial charge in [0.25, 0.3) is 11.6 Å². The maximum Gasteiger partial charge on any atom is 0.308 e. The first-order chi connectivity index (χ1) is 11.5. The Morgan fingerprint density at radius 3 is 2.71 bits per heavy atom. The fraction of sp³-hybridized carbons (Fsp3) is 0.529. The third kappa shape index (κ3) is 2.35. The van der Waals surface area contributed by atoms with Gasteiger partial charge in [-0.2, -0.15) is 0 Å². The molecule has 1 aliphatic carbocycles. The van der Waals surface area contributed by atoms with E-state index in [4.69, 9.17) is 4.52 Å². The van der Waals surface area contributed by atoms with Crippen molar-refractivity contribution >= 4 is 23.0 Å². The van der Waals surface area contributed by atoms with Gasteiger partial charge in [-0.25, -0.2) is 4.98 Å². The molecule has 0 radical (unpaired) electrons. The third-order valence-electron chi connectivity index (χ3n) is 5.17. The van der Waals surface area contributed by atoms with Crippen molar-refractivity contribution in [3.05, 3.63) is 23.0 Å². The van der Waals surface area contributed by atoms with E-state index in [2.05, 4.69) is 10.1 Å². The minimum Gasteiger partial charge on any atom is -0.481 e. The molecule has 0 unspecified atom stereocenters. The number of aromatic nitrogens is 2. The van der Waals surface area contributed by atoms with E-state index in [9.17, 15) is 14.7 Å². The first-order valence-corrected chi connectivity index (χ1v) is 8.21. The molecule has 24 heavy (non-hydrogen) atoms. The molecule has 1 aliphatic heterocycles. The third-order valence-corrected chi connectivity index (χ3v) is 5.17. The fourth-order valence-electron chi connectivity index (χ4n) is 3.81. The zero-order valence-corrected chi connectivity index (χ0v) is 13.7. The van der Waals surface area contributed by atoms with Gasteiger partial charge < -0.3 is 14.5 Å². The predicted octanol–water partition coefficient (Wildman–Crippen LogP) is 2.02. The number of carbonyl (C=O) groups is 2. The number of rotatable bonds is 3. The Labute approximate surface area is 138 Å². The average molecular weight is 329 g/mol. The SMILES string of the molecule is Cc1cc(C(=O)N2C[C@H](C(=O)O)[C@@H](C3CC3)C2)c2c(C)noc2n1. The van der Waals surface area contributed by atoms with Crippen LogP contribution in [0.5, 0.6) is 0 Å². The molecule has 1 saturated heterocycles. The normalized spacial score (nSPS) is 23.8. The highest BCUT2D eigenvalue weighted by molar-refractivity contribution is 6.06. The standard InChI is InChI=1S/C17H19N3O4/c1-8-5-11(14-9(2)19-24-15(14)18-8)16(21)20-6-12(10-3-4-10)13(7-20)17(22)23/h5,10,12-13H,3-4,6-7H2,1-2H3,(H,22,23)/t12-,13+/m1/s1. The Morgan fingerprint density at radius 1 is 1.29 bits per heavy atom. The molecular formula is C17H19N3O4. The molecule has 2 aliphatic rings. The van der Waals surface area contributed by atoms with Gasteiger partial charge in [-0.05, 0) is 44.6 Å². The van der Waals surface area contributed by atoms with E-state index in [0.29, 0.717) is 40.5 Å². The summed E-state index contributed by atoms with van der Waals surface area (Å²) in [5.74, 6) is -0.928. The number of pyridine rings is 1. The number of fused-ring (bicyclic) bond motifs is 1. The van der Waals surface area contributed by atoms with Crippen molar-refractivity contribution in [2.75, 3.05) is 13.1 Å². The van der Waals surface area contributed by atoms with E-state index < -0.39 is 11.9 Å². The maximum absolute atomic E-state index is 13.1. The van der Waals surface area contributed by atoms with Crippen molar-refractivity contribution < 1.29 is 19.2 Å². The van der Waals surface area contributed by atoms with E-state index in [-0.39, 0.29) is 18.4 Å². The van der Waals surface area contributed by atoms with Crippen LogP contribution in [0, 0.1) is 31.6 Å². The van der Waals surface area contributed by atoms with Gasteiger partial charge in [0.2, 0.25) is 0 Å². The first-order valence-electron chi connectivity index (χ1n) is 8.21. The van der Waals surface area contributed by atoms with Gasteiger partial charge in [0.05, 0.1) is 22.6 Å². The van der Waals surface area contributed by atoms with Crippen molar-refractivity contribution in [3.63, 3.8) is 0 Å². The fourth-order valence-corrected chi connectivity index (χ4v) is 3.81. The summed E-state index contributed by atoms with van der Waals surface area (Å²) in [6.45, 7) is 4.35. The van der Waals surface area contributed by atoms with Crippen LogP contribution >= 0.6 is 0 Å². The molecule has 0 spiro atoms. The average Bonchev–Trinajstić information content (AvgIpc) is 3.18. The number of hydrogen-bond donors (Lipinski definition) is 1. The van der Waals surface area contributed by atoms with E-state index in [0.717, 1.165) is 12.8 Å². The minimum absolute atomic E-state index is 0.0634. The van der Waals surface area contributed by atoms with Crippen LogP contribution in [-0.4, -0.2) is 45.1 Å². The number of likely N-dealkylation sites (tertiary alicyclic amines) is 1. The van der Waals surface area contributed by atoms with Gasteiger partial charge in [0.1, 0.15) is 0 Å². The summed E-state index contributed by atoms with van der Waals surface area (Å²) in [7, 11) is 0. The van der Waals surface area contributed by atoms with Gasteiger partial charge in [-0.1, -0.05) is 5.16 Å².